The van der Waals surface area contributed by atoms with E-state index in [1.807, 2.05) is 0 Å². The molecule has 1 heterocycles. The van der Waals surface area contributed by atoms with Gasteiger partial charge >= 0.3 is 0 Å². The summed E-state index contributed by atoms with van der Waals surface area (Å²) in [5.41, 5.74) is 0. The Kier molecular flexibility index (Phi) is 38.5. The number of morpholine rings is 1. The van der Waals surface area contributed by atoms with E-state index in [0.29, 0.717) is 0 Å². The first-order valence-corrected chi connectivity index (χ1v) is 21.6. The summed E-state index contributed by atoms with van der Waals surface area (Å²) >= 11 is 0. The van der Waals surface area contributed by atoms with Gasteiger partial charge in [0.1, 0.15) is 25.7 Å². The van der Waals surface area contributed by atoms with Gasteiger partial charge in [0.05, 0.1) is 26.9 Å². The van der Waals surface area contributed by atoms with E-state index < -0.39 is 0 Å². The van der Waals surface area contributed by atoms with E-state index in [1.165, 1.54) is 180 Å². The molecule has 0 aromatic heterocycles. The molecule has 0 bridgehead atoms. The number of quaternary nitrogens is 1. The molecule has 1 fully saturated rings. The maximum absolute atomic E-state index is 6.47. The maximum atomic E-state index is 6.47. The molecule has 49 heavy (non-hydrogen) atoms. The van der Waals surface area contributed by atoms with Crippen molar-refractivity contribution < 1.29 is 31.1 Å². The fourth-order valence-corrected chi connectivity index (χ4v) is 6.88. The minimum atomic E-state index is 0. The third kappa shape index (κ3) is 34.5. The molecule has 1 rings (SSSR count). The monoisotopic (exact) mass is 712 g/mol. The van der Waals surface area contributed by atoms with Gasteiger partial charge in [-0.05, 0) is 64.2 Å². The molecule has 0 aliphatic carbocycles. The summed E-state index contributed by atoms with van der Waals surface area (Å²) in [5.74, 6) is 0. The molecular formula is C44H86ClNO3. The summed E-state index contributed by atoms with van der Waals surface area (Å²) in [4.78, 5) is 0. The number of rotatable bonds is 37. The molecule has 0 amide bonds. The molecule has 1 aliphatic heterocycles. The fourth-order valence-electron chi connectivity index (χ4n) is 6.88. The molecular weight excluding hydrogens is 626 g/mol. The third-order valence-electron chi connectivity index (χ3n) is 10.3. The molecule has 0 aromatic carbocycles. The average Bonchev–Trinajstić information content (AvgIpc) is 3.09. The normalized spacial score (nSPS) is 15.3. The Morgan fingerprint density at radius 2 is 0.878 bits per heavy atom. The Morgan fingerprint density at radius 1 is 0.510 bits per heavy atom. The van der Waals surface area contributed by atoms with Gasteiger partial charge in [-0.25, -0.2) is 0 Å². The highest BCUT2D eigenvalue weighted by atomic mass is 35.5. The van der Waals surface area contributed by atoms with Crippen molar-refractivity contribution in [2.45, 2.75) is 200 Å². The number of likely N-dealkylation sites (N-methyl/N-ethyl adjacent to an activating group) is 1. The van der Waals surface area contributed by atoms with Crippen molar-refractivity contribution in [1.29, 1.82) is 0 Å². The van der Waals surface area contributed by atoms with E-state index in [0.717, 1.165) is 57.2 Å². The molecule has 1 unspecified atom stereocenters. The summed E-state index contributed by atoms with van der Waals surface area (Å²) in [6.07, 6.45) is 47.6. The minimum Gasteiger partial charge on any atom is -1.00 e. The van der Waals surface area contributed by atoms with Crippen LogP contribution in [-0.4, -0.2) is 70.3 Å². The van der Waals surface area contributed by atoms with Gasteiger partial charge in [0.2, 0.25) is 0 Å². The lowest BCUT2D eigenvalue weighted by atomic mass is 10.1. The van der Waals surface area contributed by atoms with Crippen LogP contribution in [0.15, 0.2) is 24.3 Å². The Hall–Kier alpha value is -0.390. The van der Waals surface area contributed by atoms with E-state index in [2.05, 4.69) is 45.2 Å². The largest absolute Gasteiger partial charge is 1.00 e. The molecule has 1 saturated heterocycles. The topological polar surface area (TPSA) is 27.7 Å². The van der Waals surface area contributed by atoms with E-state index in [-0.39, 0.29) is 18.5 Å². The highest BCUT2D eigenvalue weighted by Crippen LogP contribution is 2.15. The molecule has 292 valence electrons. The lowest BCUT2D eigenvalue weighted by molar-refractivity contribution is -0.919. The highest BCUT2D eigenvalue weighted by Gasteiger charge is 2.29. The first-order valence-electron chi connectivity index (χ1n) is 21.6. The summed E-state index contributed by atoms with van der Waals surface area (Å²) in [6, 6.07) is 0. The zero-order chi connectivity index (χ0) is 34.5. The Labute approximate surface area is 314 Å². The van der Waals surface area contributed by atoms with Crippen molar-refractivity contribution >= 4 is 0 Å². The van der Waals surface area contributed by atoms with Crippen LogP contribution in [0.25, 0.3) is 0 Å². The molecule has 0 saturated carbocycles. The van der Waals surface area contributed by atoms with Gasteiger partial charge in [-0.15, -0.1) is 0 Å². The number of allylic oxidation sites excluding steroid dienone is 4. The maximum Gasteiger partial charge on any atom is 0.130 e. The summed E-state index contributed by atoms with van der Waals surface area (Å²) < 4.78 is 19.4. The Morgan fingerprint density at radius 3 is 1.31 bits per heavy atom. The smallest absolute Gasteiger partial charge is 0.130 e. The summed E-state index contributed by atoms with van der Waals surface area (Å²) in [7, 11) is 2.37. The number of hydrogen-bond acceptors (Lipinski definition) is 3. The van der Waals surface area contributed by atoms with Crippen molar-refractivity contribution in [2.75, 3.05) is 59.7 Å². The van der Waals surface area contributed by atoms with Crippen molar-refractivity contribution in [3.8, 4) is 0 Å². The van der Waals surface area contributed by atoms with Gasteiger partial charge in [-0.2, -0.15) is 0 Å². The first kappa shape index (κ1) is 48.6. The first-order chi connectivity index (χ1) is 23.7. The average molecular weight is 713 g/mol. The van der Waals surface area contributed by atoms with Crippen LogP contribution in [-0.2, 0) is 14.2 Å². The van der Waals surface area contributed by atoms with E-state index in [4.69, 9.17) is 14.2 Å². The van der Waals surface area contributed by atoms with E-state index in [1.54, 1.807) is 0 Å². The van der Waals surface area contributed by atoms with Gasteiger partial charge in [0, 0.05) is 13.2 Å². The zero-order valence-corrected chi connectivity index (χ0v) is 34.1. The van der Waals surface area contributed by atoms with E-state index >= 15 is 0 Å². The quantitative estimate of drug-likeness (QED) is 0.0365. The van der Waals surface area contributed by atoms with Gasteiger partial charge < -0.3 is 31.1 Å². The summed E-state index contributed by atoms with van der Waals surface area (Å²) in [5, 5.41) is 0. The third-order valence-corrected chi connectivity index (χ3v) is 10.3. The van der Waals surface area contributed by atoms with Crippen LogP contribution in [0.1, 0.15) is 194 Å². The van der Waals surface area contributed by atoms with Gasteiger partial charge in [-0.1, -0.05) is 154 Å². The predicted octanol–water partition coefficient (Wildman–Crippen LogP) is 9.94. The molecule has 0 spiro atoms. The van der Waals surface area contributed by atoms with Crippen LogP contribution in [0, 0.1) is 0 Å². The van der Waals surface area contributed by atoms with Gasteiger partial charge in [0.25, 0.3) is 0 Å². The van der Waals surface area contributed by atoms with Crippen LogP contribution >= 0.6 is 0 Å². The molecule has 0 aromatic rings. The van der Waals surface area contributed by atoms with Crippen LogP contribution < -0.4 is 12.4 Å². The van der Waals surface area contributed by atoms with Crippen LogP contribution in [0.4, 0.5) is 0 Å². The van der Waals surface area contributed by atoms with Crippen molar-refractivity contribution in [1.82, 2.24) is 0 Å². The molecule has 5 heteroatoms. The van der Waals surface area contributed by atoms with Crippen molar-refractivity contribution in [3.63, 3.8) is 0 Å². The number of halogens is 1. The standard InChI is InChI=1S/C44H86NO3.ClH/c1-4-6-8-10-12-14-16-18-20-22-24-26-28-30-32-34-38-47-43-44(42-45(3)36-40-46-41-37-45)48-39-35-33-31-29-27-25-23-21-19-17-15-13-11-9-7-5-2;/h18-21,44H,4-17,22-43H2,1-3H3;1H/q+1;/p-1/b20-18-,21-19-;. The predicted molar refractivity (Wildman–Crippen MR) is 211 cm³/mol. The van der Waals surface area contributed by atoms with E-state index in [9.17, 15) is 0 Å². The van der Waals surface area contributed by atoms with Crippen LogP contribution in [0.3, 0.4) is 0 Å². The number of ether oxygens (including phenoxy) is 3. The van der Waals surface area contributed by atoms with Gasteiger partial charge in [0.15, 0.2) is 0 Å². The van der Waals surface area contributed by atoms with Crippen LogP contribution in [0.2, 0.25) is 0 Å². The second-order valence-electron chi connectivity index (χ2n) is 15.3. The Balaban J connectivity index is 0.0000230. The number of hydrogen-bond donors (Lipinski definition) is 0. The molecule has 0 radical (unpaired) electrons. The lowest BCUT2D eigenvalue weighted by Gasteiger charge is -2.39. The van der Waals surface area contributed by atoms with Gasteiger partial charge in [-0.3, -0.25) is 0 Å². The fraction of sp³-hybridized carbons (Fsp3) is 0.909. The lowest BCUT2D eigenvalue weighted by Crippen LogP contribution is -3.00. The molecule has 1 atom stereocenters. The number of unbranched alkanes of at least 4 members (excludes halogenated alkanes) is 24. The molecule has 4 nitrogen and oxygen atoms in total. The Bertz CT molecular complexity index is 694. The second-order valence-corrected chi connectivity index (χ2v) is 15.3. The minimum absolute atomic E-state index is 0. The second kappa shape index (κ2) is 38.8. The zero-order valence-electron chi connectivity index (χ0n) is 33.4. The molecule has 0 N–H and O–H groups in total. The number of nitrogens with zero attached hydrogens (tertiary/aromatic N) is 1. The van der Waals surface area contributed by atoms with Crippen molar-refractivity contribution in [2.24, 2.45) is 0 Å². The SMILES string of the molecule is CCCCCCCC/C=C\CCCCCCCCOCC(C[N+]1(C)CCOCC1)OCCCCCCCC/C=C\CCCCCCCC.[Cl-]. The highest BCUT2D eigenvalue weighted by molar-refractivity contribution is 4.82. The van der Waals surface area contributed by atoms with Crippen LogP contribution in [0.5, 0.6) is 0 Å². The molecule has 1 aliphatic rings. The van der Waals surface area contributed by atoms with Crippen molar-refractivity contribution in [3.05, 3.63) is 24.3 Å². The summed E-state index contributed by atoms with van der Waals surface area (Å²) in [6.45, 7) is 12.0.